The van der Waals surface area contributed by atoms with Crippen LogP contribution < -0.4 is 9.62 Å². The van der Waals surface area contributed by atoms with Crippen LogP contribution in [0.4, 0.5) is 5.69 Å². The summed E-state index contributed by atoms with van der Waals surface area (Å²) in [6.07, 6.45) is 1.42. The Morgan fingerprint density at radius 2 is 1.65 bits per heavy atom. The van der Waals surface area contributed by atoms with Gasteiger partial charge in [-0.05, 0) is 43.2 Å². The number of nitrogens with one attached hydrogen (secondary N) is 1. The fourth-order valence-corrected chi connectivity index (χ4v) is 4.17. The number of hydrogen-bond donors (Lipinski definition) is 1. The monoisotopic (exact) mass is 465 g/mol. The third kappa shape index (κ3) is 6.70. The van der Waals surface area contributed by atoms with Crippen molar-refractivity contribution in [1.29, 1.82) is 0 Å². The second-order valence-electron chi connectivity index (χ2n) is 7.29. The molecule has 9 heteroatoms. The Hall–Kier alpha value is -2.58. The molecule has 0 aliphatic heterocycles. The maximum absolute atomic E-state index is 13.3. The average Bonchev–Trinajstić information content (AvgIpc) is 2.72. The molecular formula is C22H28ClN3O4S. The lowest BCUT2D eigenvalue weighted by molar-refractivity contribution is -0.140. The highest BCUT2D eigenvalue weighted by Gasteiger charge is 2.31. The fourth-order valence-electron chi connectivity index (χ4n) is 3.20. The third-order valence-electron chi connectivity index (χ3n) is 4.90. The molecule has 0 unspecified atom stereocenters. The number of halogens is 1. The van der Waals surface area contributed by atoms with Crippen molar-refractivity contribution in [3.05, 3.63) is 64.7 Å². The minimum absolute atomic E-state index is 0.184. The van der Waals surface area contributed by atoms with Gasteiger partial charge in [0.15, 0.2) is 0 Å². The maximum atomic E-state index is 13.3. The molecule has 7 nitrogen and oxygen atoms in total. The smallest absolute Gasteiger partial charge is 0.244 e. The molecule has 1 N–H and O–H groups in total. The van der Waals surface area contributed by atoms with Gasteiger partial charge in [-0.2, -0.15) is 0 Å². The van der Waals surface area contributed by atoms with Gasteiger partial charge in [0.25, 0.3) is 0 Å². The molecule has 1 atom stereocenters. The number of carbonyl (C=O) groups is 2. The number of likely N-dealkylation sites (N-methyl/N-ethyl adjacent to an activating group) is 1. The number of sulfonamides is 1. The van der Waals surface area contributed by atoms with E-state index in [2.05, 4.69) is 5.32 Å². The molecule has 0 fully saturated rings. The Morgan fingerprint density at radius 3 is 2.13 bits per heavy atom. The molecule has 0 spiro atoms. The number of carbonyl (C=O) groups excluding carboxylic acids is 2. The molecule has 2 aromatic rings. The lowest BCUT2D eigenvalue weighted by Gasteiger charge is -2.32. The van der Waals surface area contributed by atoms with Crippen LogP contribution >= 0.6 is 11.6 Å². The summed E-state index contributed by atoms with van der Waals surface area (Å²) in [5.41, 5.74) is 2.24. The van der Waals surface area contributed by atoms with E-state index in [1.54, 1.807) is 12.1 Å². The average molecular weight is 466 g/mol. The van der Waals surface area contributed by atoms with E-state index in [4.69, 9.17) is 11.6 Å². The number of rotatable bonds is 9. The summed E-state index contributed by atoms with van der Waals surface area (Å²) >= 11 is 5.91. The first-order valence-electron chi connectivity index (χ1n) is 9.86. The number of nitrogens with zero attached hydrogens (tertiary/aromatic N) is 2. The Bertz CT molecular complexity index is 1010. The molecule has 0 aliphatic carbocycles. The van der Waals surface area contributed by atoms with Gasteiger partial charge in [0.2, 0.25) is 21.8 Å². The van der Waals surface area contributed by atoms with E-state index in [-0.39, 0.29) is 12.5 Å². The van der Waals surface area contributed by atoms with Crippen LogP contribution in [0.2, 0.25) is 5.02 Å². The topological polar surface area (TPSA) is 86.8 Å². The Labute approximate surface area is 189 Å². The van der Waals surface area contributed by atoms with E-state index in [1.807, 2.05) is 38.1 Å². The Morgan fingerprint density at radius 1 is 1.06 bits per heavy atom. The van der Waals surface area contributed by atoms with Gasteiger partial charge in [0, 0.05) is 18.6 Å². The minimum Gasteiger partial charge on any atom is -0.357 e. The molecule has 31 heavy (non-hydrogen) atoms. The first-order valence-corrected chi connectivity index (χ1v) is 12.1. The van der Waals surface area contributed by atoms with Crippen molar-refractivity contribution in [3.63, 3.8) is 0 Å². The van der Waals surface area contributed by atoms with Gasteiger partial charge < -0.3 is 10.2 Å². The van der Waals surface area contributed by atoms with Crippen LogP contribution in [0, 0.1) is 6.92 Å². The molecule has 0 bridgehead atoms. The van der Waals surface area contributed by atoms with Crippen molar-refractivity contribution in [2.24, 2.45) is 0 Å². The van der Waals surface area contributed by atoms with Crippen LogP contribution in [0.3, 0.4) is 0 Å². The molecule has 0 aromatic heterocycles. The van der Waals surface area contributed by atoms with E-state index < -0.39 is 28.5 Å². The van der Waals surface area contributed by atoms with Gasteiger partial charge in [0.05, 0.1) is 11.9 Å². The van der Waals surface area contributed by atoms with Crippen LogP contribution in [0.5, 0.6) is 0 Å². The molecular weight excluding hydrogens is 438 g/mol. The number of hydrogen-bond acceptors (Lipinski definition) is 4. The highest BCUT2D eigenvalue weighted by molar-refractivity contribution is 7.92. The first kappa shape index (κ1) is 24.7. The first-order chi connectivity index (χ1) is 14.6. The zero-order chi connectivity index (χ0) is 23.2. The van der Waals surface area contributed by atoms with Crippen LogP contribution in [-0.2, 0) is 26.2 Å². The highest BCUT2D eigenvalue weighted by atomic mass is 35.5. The number of amides is 2. The Kier molecular flexibility index (Phi) is 8.47. The highest BCUT2D eigenvalue weighted by Crippen LogP contribution is 2.22. The summed E-state index contributed by atoms with van der Waals surface area (Å²) in [7, 11) is -2.24. The van der Waals surface area contributed by atoms with E-state index in [0.29, 0.717) is 17.1 Å². The van der Waals surface area contributed by atoms with Crippen molar-refractivity contribution in [3.8, 4) is 0 Å². The lowest BCUT2D eigenvalue weighted by atomic mass is 10.1. The van der Waals surface area contributed by atoms with Crippen LogP contribution in [0.1, 0.15) is 24.5 Å². The predicted molar refractivity (Wildman–Crippen MR) is 124 cm³/mol. The maximum Gasteiger partial charge on any atom is 0.244 e. The van der Waals surface area contributed by atoms with Crippen molar-refractivity contribution < 1.29 is 18.0 Å². The molecule has 2 aromatic carbocycles. The van der Waals surface area contributed by atoms with Gasteiger partial charge in [-0.25, -0.2) is 8.42 Å². The SMILES string of the molecule is CC[C@@H](C(=O)NC)N(Cc1ccc(C)cc1)C(=O)CN(c1ccc(Cl)cc1)S(C)(=O)=O. The molecule has 2 rings (SSSR count). The summed E-state index contributed by atoms with van der Waals surface area (Å²) in [5, 5.41) is 3.04. The summed E-state index contributed by atoms with van der Waals surface area (Å²) < 4.78 is 25.9. The van der Waals surface area contributed by atoms with Gasteiger partial charge in [-0.15, -0.1) is 0 Å². The summed E-state index contributed by atoms with van der Waals surface area (Å²) in [6, 6.07) is 13.1. The van der Waals surface area contributed by atoms with Crippen LogP contribution in [-0.4, -0.2) is 51.0 Å². The van der Waals surface area contributed by atoms with Gasteiger partial charge >= 0.3 is 0 Å². The molecule has 0 aliphatic rings. The molecule has 0 radical (unpaired) electrons. The molecule has 168 valence electrons. The number of anilines is 1. The van der Waals surface area contributed by atoms with Crippen molar-refractivity contribution in [2.75, 3.05) is 24.2 Å². The zero-order valence-corrected chi connectivity index (χ0v) is 19.7. The Balaban J connectivity index is 2.40. The summed E-state index contributed by atoms with van der Waals surface area (Å²) in [5.74, 6) is -0.781. The molecule has 0 saturated carbocycles. The van der Waals surface area contributed by atoms with Gasteiger partial charge in [0.1, 0.15) is 12.6 Å². The van der Waals surface area contributed by atoms with Crippen LogP contribution in [0.15, 0.2) is 48.5 Å². The predicted octanol–water partition coefficient (Wildman–Crippen LogP) is 2.97. The van der Waals surface area contributed by atoms with Gasteiger partial charge in [-0.1, -0.05) is 48.4 Å². The van der Waals surface area contributed by atoms with Gasteiger partial charge in [-0.3, -0.25) is 13.9 Å². The second kappa shape index (κ2) is 10.6. The summed E-state index contributed by atoms with van der Waals surface area (Å²) in [4.78, 5) is 27.2. The molecule has 0 heterocycles. The normalized spacial score (nSPS) is 12.2. The quantitative estimate of drug-likeness (QED) is 0.616. The van der Waals surface area contributed by atoms with Crippen molar-refractivity contribution >= 4 is 39.1 Å². The largest absolute Gasteiger partial charge is 0.357 e. The van der Waals surface area contributed by atoms with Crippen molar-refractivity contribution in [2.45, 2.75) is 32.9 Å². The fraction of sp³-hybridized carbons (Fsp3) is 0.364. The van der Waals surface area contributed by atoms with E-state index in [9.17, 15) is 18.0 Å². The standard InChI is InChI=1S/C22H28ClN3O4S/c1-5-20(22(28)24-3)25(14-17-8-6-16(2)7-9-17)21(27)15-26(31(4,29)30)19-12-10-18(23)11-13-19/h6-13,20H,5,14-15H2,1-4H3,(H,24,28)/t20-/m0/s1. The molecule has 0 saturated heterocycles. The van der Waals surface area contributed by atoms with Crippen LogP contribution in [0.25, 0.3) is 0 Å². The van der Waals surface area contributed by atoms with Crippen molar-refractivity contribution in [1.82, 2.24) is 10.2 Å². The number of benzene rings is 2. The van der Waals surface area contributed by atoms with E-state index in [0.717, 1.165) is 21.7 Å². The lowest BCUT2D eigenvalue weighted by Crippen LogP contribution is -2.51. The molecule has 2 amide bonds. The second-order valence-corrected chi connectivity index (χ2v) is 9.63. The zero-order valence-electron chi connectivity index (χ0n) is 18.1. The third-order valence-corrected chi connectivity index (χ3v) is 6.29. The number of aryl methyl sites for hydroxylation is 1. The van der Waals surface area contributed by atoms with E-state index >= 15 is 0 Å². The van der Waals surface area contributed by atoms with E-state index in [1.165, 1.54) is 24.1 Å². The minimum atomic E-state index is -3.75. The summed E-state index contributed by atoms with van der Waals surface area (Å²) in [6.45, 7) is 3.52.